The van der Waals surface area contributed by atoms with Crippen LogP contribution >= 0.6 is 0 Å². The van der Waals surface area contributed by atoms with Crippen molar-refractivity contribution in [1.29, 1.82) is 0 Å². The van der Waals surface area contributed by atoms with Gasteiger partial charge in [0.15, 0.2) is 0 Å². The topological polar surface area (TPSA) is 48.4 Å². The molecule has 2 aromatic rings. The summed E-state index contributed by atoms with van der Waals surface area (Å²) in [5, 5.41) is 0. The van der Waals surface area contributed by atoms with Crippen molar-refractivity contribution in [3.05, 3.63) is 53.3 Å². The van der Waals surface area contributed by atoms with E-state index in [4.69, 9.17) is 9.47 Å². The van der Waals surface area contributed by atoms with E-state index in [9.17, 15) is 4.79 Å². The van der Waals surface area contributed by atoms with Crippen LogP contribution in [0.5, 0.6) is 11.5 Å². The minimum Gasteiger partial charge on any atom is -0.493 e. The first-order valence-corrected chi connectivity index (χ1v) is 10.1. The maximum atomic E-state index is 11.5. The zero-order valence-electron chi connectivity index (χ0n) is 16.9. The summed E-state index contributed by atoms with van der Waals surface area (Å²) in [4.78, 5) is 15.8. The quantitative estimate of drug-likeness (QED) is 0.542. The Balaban J connectivity index is 1.78. The van der Waals surface area contributed by atoms with Gasteiger partial charge in [0.25, 0.3) is 0 Å². The van der Waals surface area contributed by atoms with Crippen molar-refractivity contribution in [2.45, 2.75) is 58.3 Å². The van der Waals surface area contributed by atoms with Crippen molar-refractivity contribution in [2.24, 2.45) is 0 Å². The summed E-state index contributed by atoms with van der Waals surface area (Å²) < 4.78 is 11.1. The molecule has 4 heteroatoms. The highest BCUT2D eigenvalue weighted by molar-refractivity contribution is 5.72. The average molecular weight is 377 g/mol. The summed E-state index contributed by atoms with van der Waals surface area (Å²) in [6, 6.07) is 9.68. The number of ether oxygens (including phenoxy) is 2. The molecule has 0 amide bonds. The third kappa shape index (κ3) is 4.36. The van der Waals surface area contributed by atoms with Crippen molar-refractivity contribution in [3.63, 3.8) is 0 Å². The van der Waals surface area contributed by atoms with Crippen LogP contribution in [0.25, 0.3) is 0 Å². The van der Waals surface area contributed by atoms with Gasteiger partial charge in [-0.05, 0) is 61.9 Å². The van der Waals surface area contributed by atoms with E-state index in [0.29, 0.717) is 17.9 Å². The van der Waals surface area contributed by atoms with Crippen molar-refractivity contribution in [2.75, 3.05) is 6.61 Å². The van der Waals surface area contributed by atoms with Crippen molar-refractivity contribution >= 4 is 5.97 Å². The van der Waals surface area contributed by atoms with Gasteiger partial charge in [0.1, 0.15) is 17.2 Å². The molecule has 0 saturated carbocycles. The molecule has 2 heterocycles. The second kappa shape index (κ2) is 8.93. The molecule has 0 unspecified atom stereocenters. The molecule has 146 valence electrons. The van der Waals surface area contributed by atoms with E-state index in [2.05, 4.69) is 36.7 Å². The summed E-state index contributed by atoms with van der Waals surface area (Å²) in [5.41, 5.74) is 3.03. The van der Waals surface area contributed by atoms with Crippen LogP contribution in [0.15, 0.2) is 36.5 Å². The fourth-order valence-electron chi connectivity index (χ4n) is 3.66. The van der Waals surface area contributed by atoms with Crippen LogP contribution in [0.1, 0.15) is 69.7 Å². The number of fused-ring (bicyclic) bond motifs is 1. The predicted octanol–water partition coefficient (Wildman–Crippen LogP) is 5.03. The van der Waals surface area contributed by atoms with Crippen molar-refractivity contribution < 1.29 is 14.3 Å². The number of aromatic nitrogens is 1. The highest BCUT2D eigenvalue weighted by Crippen LogP contribution is 2.43. The molecule has 3 rings (SSSR count). The monoisotopic (exact) mass is 377 g/mol. The number of carbonyl (C=O) groups is 1. The normalized spacial score (nSPS) is 14.2. The lowest BCUT2D eigenvalue weighted by Gasteiger charge is -2.37. The molecule has 0 saturated heterocycles. The smallest absolute Gasteiger partial charge is 0.311 e. The van der Waals surface area contributed by atoms with Gasteiger partial charge in [-0.2, -0.15) is 0 Å². The molecular formula is C24H27NO3. The zero-order chi connectivity index (χ0) is 20.0. The fourth-order valence-corrected chi connectivity index (χ4v) is 3.66. The third-order valence-corrected chi connectivity index (χ3v) is 5.50. The van der Waals surface area contributed by atoms with Crippen LogP contribution in [-0.4, -0.2) is 17.6 Å². The minimum atomic E-state index is -0.241. The number of pyridine rings is 1. The van der Waals surface area contributed by atoms with E-state index in [1.807, 2.05) is 19.1 Å². The Hall–Kier alpha value is -2.80. The Morgan fingerprint density at radius 1 is 1.18 bits per heavy atom. The summed E-state index contributed by atoms with van der Waals surface area (Å²) in [5.74, 6) is 7.49. The zero-order valence-corrected chi connectivity index (χ0v) is 16.9. The van der Waals surface area contributed by atoms with Gasteiger partial charge in [-0.3, -0.25) is 4.79 Å². The van der Waals surface area contributed by atoms with E-state index < -0.39 is 0 Å². The number of nitrogens with zero attached hydrogens (tertiary/aromatic N) is 1. The van der Waals surface area contributed by atoms with Crippen molar-refractivity contribution in [1.82, 2.24) is 4.98 Å². The number of carbonyl (C=O) groups excluding carboxylic acids is 1. The first-order chi connectivity index (χ1) is 13.6. The van der Waals surface area contributed by atoms with Gasteiger partial charge < -0.3 is 9.47 Å². The molecule has 0 radical (unpaired) electrons. The van der Waals surface area contributed by atoms with Crippen LogP contribution in [0.3, 0.4) is 0 Å². The minimum absolute atomic E-state index is 0.174. The van der Waals surface area contributed by atoms with Crippen LogP contribution in [0.2, 0.25) is 0 Å². The van der Waals surface area contributed by atoms with Gasteiger partial charge in [0, 0.05) is 23.0 Å². The average Bonchev–Trinajstić information content (AvgIpc) is 2.73. The van der Waals surface area contributed by atoms with Crippen LogP contribution in [-0.2, 0) is 10.2 Å². The maximum Gasteiger partial charge on any atom is 0.311 e. The largest absolute Gasteiger partial charge is 0.493 e. The summed E-state index contributed by atoms with van der Waals surface area (Å²) in [7, 11) is 0. The fraction of sp³-hybridized carbons (Fsp3) is 0.417. The van der Waals surface area contributed by atoms with Gasteiger partial charge in [-0.1, -0.05) is 26.7 Å². The number of hydrogen-bond acceptors (Lipinski definition) is 4. The SMILES string of the molecule is CCCC(=O)Oc1ccc(C#Cc2ccc3c(c2)C(CC)(CC)CCO3)nc1. The first kappa shape index (κ1) is 19.9. The molecule has 0 fully saturated rings. The first-order valence-electron chi connectivity index (χ1n) is 10.1. The molecule has 4 nitrogen and oxygen atoms in total. The number of benzene rings is 1. The molecule has 28 heavy (non-hydrogen) atoms. The number of esters is 1. The van der Waals surface area contributed by atoms with Gasteiger partial charge in [-0.25, -0.2) is 4.98 Å². The Labute approximate surface area is 167 Å². The second-order valence-electron chi connectivity index (χ2n) is 7.15. The van der Waals surface area contributed by atoms with Crippen LogP contribution in [0.4, 0.5) is 0 Å². The second-order valence-corrected chi connectivity index (χ2v) is 7.15. The third-order valence-electron chi connectivity index (χ3n) is 5.50. The van der Waals surface area contributed by atoms with Crippen LogP contribution < -0.4 is 9.47 Å². The lowest BCUT2D eigenvalue weighted by Crippen LogP contribution is -2.31. The summed E-state index contributed by atoms with van der Waals surface area (Å²) >= 11 is 0. The Morgan fingerprint density at radius 3 is 2.68 bits per heavy atom. The van der Waals surface area contributed by atoms with Gasteiger partial charge >= 0.3 is 5.97 Å². The van der Waals surface area contributed by atoms with Gasteiger partial charge in [-0.15, -0.1) is 0 Å². The standard InChI is InChI=1S/C24H27NO3/c1-4-7-23(26)28-20-12-11-19(25-17-20)10-8-18-9-13-22-21(16-18)24(5-2,6-3)14-15-27-22/h9,11-13,16-17H,4-7,14-15H2,1-3H3. The van der Waals surface area contributed by atoms with E-state index in [1.165, 1.54) is 11.8 Å². The molecule has 0 aliphatic carbocycles. The molecule has 0 atom stereocenters. The van der Waals surface area contributed by atoms with Crippen LogP contribution in [0, 0.1) is 11.8 Å². The molecule has 0 spiro atoms. The Kier molecular flexibility index (Phi) is 6.36. The highest BCUT2D eigenvalue weighted by Gasteiger charge is 2.34. The van der Waals surface area contributed by atoms with Gasteiger partial charge in [0.05, 0.1) is 12.8 Å². The molecule has 0 N–H and O–H groups in total. The number of rotatable bonds is 5. The molecular weight excluding hydrogens is 350 g/mol. The summed E-state index contributed by atoms with van der Waals surface area (Å²) in [6.45, 7) is 7.21. The summed E-state index contributed by atoms with van der Waals surface area (Å²) in [6.07, 6.45) is 5.94. The Bertz CT molecular complexity index is 886. The number of hydrogen-bond donors (Lipinski definition) is 0. The molecule has 1 aromatic carbocycles. The predicted molar refractivity (Wildman–Crippen MR) is 110 cm³/mol. The molecule has 0 bridgehead atoms. The molecule has 1 aliphatic rings. The lowest BCUT2D eigenvalue weighted by atomic mass is 9.71. The van der Waals surface area contributed by atoms with Gasteiger partial charge in [0.2, 0.25) is 0 Å². The van der Waals surface area contributed by atoms with E-state index in [-0.39, 0.29) is 11.4 Å². The molecule has 1 aliphatic heterocycles. The van der Waals surface area contributed by atoms with E-state index >= 15 is 0 Å². The van der Waals surface area contributed by atoms with E-state index in [0.717, 1.165) is 43.6 Å². The Morgan fingerprint density at radius 2 is 2.00 bits per heavy atom. The van der Waals surface area contributed by atoms with E-state index in [1.54, 1.807) is 12.1 Å². The maximum absolute atomic E-state index is 11.5. The lowest BCUT2D eigenvalue weighted by molar-refractivity contribution is -0.134. The van der Waals surface area contributed by atoms with Crippen molar-refractivity contribution in [3.8, 4) is 23.3 Å². The molecule has 1 aromatic heterocycles. The highest BCUT2D eigenvalue weighted by atomic mass is 16.5.